The molecule has 136 valence electrons. The summed E-state index contributed by atoms with van der Waals surface area (Å²) in [6.07, 6.45) is 6.64. The smallest absolute Gasteiger partial charge is 0.341 e. The summed E-state index contributed by atoms with van der Waals surface area (Å²) in [5.74, 6) is 0.210. The number of imidazole rings is 1. The van der Waals surface area contributed by atoms with Crippen LogP contribution in [-0.4, -0.2) is 46.6 Å². The van der Waals surface area contributed by atoms with Gasteiger partial charge < -0.3 is 15.0 Å². The predicted octanol–water partition coefficient (Wildman–Crippen LogP) is 2.71. The Morgan fingerprint density at radius 1 is 1.22 bits per heavy atom. The first-order valence-corrected chi connectivity index (χ1v) is 9.17. The van der Waals surface area contributed by atoms with Crippen LogP contribution in [0.2, 0.25) is 0 Å². The van der Waals surface area contributed by atoms with Gasteiger partial charge in [-0.15, -0.1) is 5.10 Å². The number of aromatic nitrogens is 6. The van der Waals surface area contributed by atoms with E-state index in [-0.39, 0.29) is 11.4 Å². The van der Waals surface area contributed by atoms with Crippen LogP contribution >= 0.6 is 11.8 Å². The van der Waals surface area contributed by atoms with Gasteiger partial charge in [0, 0.05) is 31.0 Å². The predicted molar refractivity (Wildman–Crippen MR) is 102 cm³/mol. The van der Waals surface area contributed by atoms with Crippen LogP contribution in [0.3, 0.4) is 0 Å². The molecular formula is C17H15N7O2S. The molecule has 0 unspecified atom stereocenters. The molecule has 2 N–H and O–H groups in total. The number of aromatic carboxylic acids is 1. The summed E-state index contributed by atoms with van der Waals surface area (Å²) in [5.41, 5.74) is 0.814. The summed E-state index contributed by atoms with van der Waals surface area (Å²) in [6, 6.07) is 7.63. The van der Waals surface area contributed by atoms with Gasteiger partial charge in [0.05, 0.1) is 5.52 Å². The summed E-state index contributed by atoms with van der Waals surface area (Å²) in [7, 11) is 1.88. The normalized spacial score (nSPS) is 11.0. The standard InChI is InChI=1S/C17H15N7O2S/c1-23-8-7-18-17(23)24-12-6-4-3-5-10(12)14(22-24)20-13-11(15(25)26)9-19-16(21-13)27-2/h3-9H,1-2H3,(H,25,26)(H,19,20,21,22). The van der Waals surface area contributed by atoms with Gasteiger partial charge in [0.15, 0.2) is 16.8 Å². The Morgan fingerprint density at radius 3 is 2.74 bits per heavy atom. The number of benzene rings is 1. The molecule has 3 aromatic heterocycles. The number of anilines is 2. The van der Waals surface area contributed by atoms with Crippen LogP contribution in [0.15, 0.2) is 48.0 Å². The second-order valence-electron chi connectivity index (χ2n) is 5.66. The lowest BCUT2D eigenvalue weighted by Crippen LogP contribution is -2.08. The first-order valence-electron chi connectivity index (χ1n) is 7.95. The van der Waals surface area contributed by atoms with Crippen molar-refractivity contribution in [2.75, 3.05) is 11.6 Å². The van der Waals surface area contributed by atoms with E-state index in [0.29, 0.717) is 16.9 Å². The van der Waals surface area contributed by atoms with E-state index in [1.165, 1.54) is 18.0 Å². The first kappa shape index (κ1) is 17.0. The molecule has 10 heteroatoms. The maximum atomic E-state index is 11.5. The Kier molecular flexibility index (Phi) is 4.24. The van der Waals surface area contributed by atoms with Gasteiger partial charge in [-0.1, -0.05) is 23.9 Å². The van der Waals surface area contributed by atoms with Crippen LogP contribution in [0.25, 0.3) is 16.9 Å². The Balaban J connectivity index is 1.87. The van der Waals surface area contributed by atoms with Crippen molar-refractivity contribution in [3.8, 4) is 5.95 Å². The topological polar surface area (TPSA) is 111 Å². The number of para-hydroxylation sites is 1. The van der Waals surface area contributed by atoms with E-state index < -0.39 is 5.97 Å². The van der Waals surface area contributed by atoms with E-state index >= 15 is 0 Å². The van der Waals surface area contributed by atoms with Crippen molar-refractivity contribution in [2.45, 2.75) is 5.16 Å². The monoisotopic (exact) mass is 381 g/mol. The van der Waals surface area contributed by atoms with Gasteiger partial charge in [0.25, 0.3) is 0 Å². The SMILES string of the molecule is CSc1ncc(C(=O)O)c(Nc2nn(-c3nccn3C)c3ccccc23)n1. The summed E-state index contributed by atoms with van der Waals surface area (Å²) in [4.78, 5) is 24.2. The number of rotatable bonds is 5. The molecule has 27 heavy (non-hydrogen) atoms. The number of nitrogens with zero attached hydrogens (tertiary/aromatic N) is 6. The van der Waals surface area contributed by atoms with E-state index in [9.17, 15) is 9.90 Å². The highest BCUT2D eigenvalue weighted by Crippen LogP contribution is 2.28. The lowest BCUT2D eigenvalue weighted by atomic mass is 10.2. The Morgan fingerprint density at radius 2 is 2.04 bits per heavy atom. The molecule has 3 heterocycles. The van der Waals surface area contributed by atoms with Crippen molar-refractivity contribution < 1.29 is 9.90 Å². The molecule has 0 saturated heterocycles. The summed E-state index contributed by atoms with van der Waals surface area (Å²) >= 11 is 1.33. The Hall–Kier alpha value is -3.40. The van der Waals surface area contributed by atoms with Crippen LogP contribution in [-0.2, 0) is 7.05 Å². The number of nitrogens with one attached hydrogen (secondary N) is 1. The van der Waals surface area contributed by atoms with Gasteiger partial charge in [-0.2, -0.15) is 4.68 Å². The minimum Gasteiger partial charge on any atom is -0.477 e. The van der Waals surface area contributed by atoms with Gasteiger partial charge in [0.1, 0.15) is 5.56 Å². The van der Waals surface area contributed by atoms with Crippen molar-refractivity contribution in [3.05, 3.63) is 48.4 Å². The number of hydrogen-bond acceptors (Lipinski definition) is 7. The zero-order chi connectivity index (χ0) is 19.0. The zero-order valence-corrected chi connectivity index (χ0v) is 15.3. The largest absolute Gasteiger partial charge is 0.477 e. The highest BCUT2D eigenvalue weighted by atomic mass is 32.2. The molecule has 0 aliphatic rings. The maximum Gasteiger partial charge on any atom is 0.341 e. The van der Waals surface area contributed by atoms with Gasteiger partial charge in [-0.25, -0.2) is 19.7 Å². The quantitative estimate of drug-likeness (QED) is 0.401. The van der Waals surface area contributed by atoms with E-state index in [0.717, 1.165) is 10.9 Å². The molecule has 0 spiro atoms. The first-order chi connectivity index (χ1) is 13.1. The average Bonchev–Trinajstić information content (AvgIpc) is 3.25. The molecule has 0 atom stereocenters. The molecule has 1 aromatic carbocycles. The number of carbonyl (C=O) groups is 1. The third-order valence-electron chi connectivity index (χ3n) is 3.99. The lowest BCUT2D eigenvalue weighted by Gasteiger charge is -2.07. The highest BCUT2D eigenvalue weighted by molar-refractivity contribution is 7.98. The Labute approximate surface area is 158 Å². The molecule has 0 aliphatic carbocycles. The van der Waals surface area contributed by atoms with E-state index in [4.69, 9.17) is 0 Å². The van der Waals surface area contributed by atoms with E-state index in [1.54, 1.807) is 10.9 Å². The van der Waals surface area contributed by atoms with Gasteiger partial charge in [-0.3, -0.25) is 0 Å². The summed E-state index contributed by atoms with van der Waals surface area (Å²) in [5, 5.41) is 18.4. The van der Waals surface area contributed by atoms with E-state index in [1.807, 2.05) is 48.3 Å². The molecule has 0 fully saturated rings. The summed E-state index contributed by atoms with van der Waals surface area (Å²) in [6.45, 7) is 0. The van der Waals surface area contributed by atoms with Crippen LogP contribution in [0.1, 0.15) is 10.4 Å². The molecule has 0 saturated carbocycles. The fraction of sp³-hybridized carbons (Fsp3) is 0.118. The number of carboxylic acids is 1. The number of aryl methyl sites for hydroxylation is 1. The van der Waals surface area contributed by atoms with Crippen LogP contribution in [0, 0.1) is 0 Å². The number of fused-ring (bicyclic) bond motifs is 1. The molecule has 0 bridgehead atoms. The van der Waals surface area contributed by atoms with Crippen LogP contribution in [0.4, 0.5) is 11.6 Å². The minimum absolute atomic E-state index is 0.0246. The van der Waals surface area contributed by atoms with Crippen molar-refractivity contribution in [1.29, 1.82) is 0 Å². The molecule has 9 nitrogen and oxygen atoms in total. The average molecular weight is 381 g/mol. The highest BCUT2D eigenvalue weighted by Gasteiger charge is 2.18. The number of thioether (sulfide) groups is 1. The molecule has 0 aliphatic heterocycles. The zero-order valence-electron chi connectivity index (χ0n) is 14.5. The van der Waals surface area contributed by atoms with Crippen molar-refractivity contribution in [1.82, 2.24) is 29.3 Å². The molecule has 0 amide bonds. The van der Waals surface area contributed by atoms with Gasteiger partial charge in [-0.05, 0) is 18.4 Å². The maximum absolute atomic E-state index is 11.5. The van der Waals surface area contributed by atoms with Crippen molar-refractivity contribution >= 4 is 40.3 Å². The van der Waals surface area contributed by atoms with E-state index in [2.05, 4.69) is 25.4 Å². The van der Waals surface area contributed by atoms with Gasteiger partial charge in [0.2, 0.25) is 5.95 Å². The second-order valence-corrected chi connectivity index (χ2v) is 6.44. The lowest BCUT2D eigenvalue weighted by molar-refractivity contribution is 0.0697. The number of carboxylic acid groups (broad SMARTS) is 1. The van der Waals surface area contributed by atoms with Crippen LogP contribution in [0.5, 0.6) is 0 Å². The van der Waals surface area contributed by atoms with Crippen molar-refractivity contribution in [2.24, 2.45) is 7.05 Å². The second kappa shape index (κ2) is 6.72. The molecular weight excluding hydrogens is 366 g/mol. The fourth-order valence-corrected chi connectivity index (χ4v) is 3.04. The Bertz CT molecular complexity index is 1150. The molecule has 0 radical (unpaired) electrons. The molecule has 4 aromatic rings. The minimum atomic E-state index is -1.11. The summed E-state index contributed by atoms with van der Waals surface area (Å²) < 4.78 is 3.55. The molecule has 4 rings (SSSR count). The van der Waals surface area contributed by atoms with Crippen molar-refractivity contribution in [3.63, 3.8) is 0 Å². The number of hydrogen-bond donors (Lipinski definition) is 2. The third-order valence-corrected chi connectivity index (χ3v) is 4.55. The van der Waals surface area contributed by atoms with Gasteiger partial charge >= 0.3 is 5.97 Å². The van der Waals surface area contributed by atoms with Crippen LogP contribution < -0.4 is 5.32 Å². The fourth-order valence-electron chi connectivity index (χ4n) is 2.70. The third kappa shape index (κ3) is 2.99.